The molecule has 1 aromatic heterocycles. The summed E-state index contributed by atoms with van der Waals surface area (Å²) in [6.45, 7) is 6.20. The molecule has 2 aromatic rings. The summed E-state index contributed by atoms with van der Waals surface area (Å²) in [5.74, 6) is -0.880. The maximum Gasteiger partial charge on any atom is 0.352 e. The molecule has 0 fully saturated rings. The number of aromatic nitrogens is 1. The van der Waals surface area contributed by atoms with Crippen LogP contribution in [0.1, 0.15) is 55.7 Å². The molecule has 0 bridgehead atoms. The molecular weight excluding hydrogens is 262 g/mol. The molecule has 0 aliphatic heterocycles. The number of aryl methyl sites for hydroxylation is 1. The van der Waals surface area contributed by atoms with E-state index in [9.17, 15) is 9.90 Å². The Kier molecular flexibility index (Phi) is 4.84. The van der Waals surface area contributed by atoms with Crippen LogP contribution in [-0.2, 0) is 6.42 Å². The maximum atomic E-state index is 11.3. The Morgan fingerprint density at radius 3 is 2.33 bits per heavy atom. The van der Waals surface area contributed by atoms with Crippen LogP contribution in [0.15, 0.2) is 36.4 Å². The van der Waals surface area contributed by atoms with Gasteiger partial charge in [0.2, 0.25) is 0 Å². The summed E-state index contributed by atoms with van der Waals surface area (Å²) in [5.41, 5.74) is 3.71. The molecule has 0 amide bonds. The molecule has 1 aromatic carbocycles. The topological polar surface area (TPSA) is 42.2 Å². The fourth-order valence-corrected chi connectivity index (χ4v) is 2.64. The number of unbranched alkanes of at least 4 members (excludes halogenated alkanes) is 1. The van der Waals surface area contributed by atoms with Gasteiger partial charge in [0.15, 0.2) is 0 Å². The summed E-state index contributed by atoms with van der Waals surface area (Å²) in [6, 6.07) is 12.1. The van der Waals surface area contributed by atoms with Crippen molar-refractivity contribution in [2.75, 3.05) is 0 Å². The van der Waals surface area contributed by atoms with Crippen molar-refractivity contribution in [3.8, 4) is 11.3 Å². The molecule has 112 valence electrons. The SMILES string of the molecule is CCCCc1ccc(-c2ccc(C(=O)O)n2C(C)C)cc1. The van der Waals surface area contributed by atoms with Crippen LogP contribution >= 0.6 is 0 Å². The van der Waals surface area contributed by atoms with Gasteiger partial charge in [0, 0.05) is 11.7 Å². The van der Waals surface area contributed by atoms with E-state index in [0.29, 0.717) is 5.69 Å². The fourth-order valence-electron chi connectivity index (χ4n) is 2.64. The lowest BCUT2D eigenvalue weighted by atomic mass is 10.0. The van der Waals surface area contributed by atoms with E-state index in [-0.39, 0.29) is 6.04 Å². The van der Waals surface area contributed by atoms with Crippen LogP contribution in [0.4, 0.5) is 0 Å². The molecule has 0 saturated carbocycles. The number of carboxylic acid groups (broad SMARTS) is 1. The van der Waals surface area contributed by atoms with Gasteiger partial charge >= 0.3 is 5.97 Å². The Morgan fingerprint density at radius 2 is 1.81 bits per heavy atom. The number of carboxylic acids is 1. The van der Waals surface area contributed by atoms with Crippen LogP contribution in [0.5, 0.6) is 0 Å². The first kappa shape index (κ1) is 15.4. The Hall–Kier alpha value is -2.03. The summed E-state index contributed by atoms with van der Waals surface area (Å²) >= 11 is 0. The van der Waals surface area contributed by atoms with Gasteiger partial charge in [-0.2, -0.15) is 0 Å². The number of rotatable bonds is 6. The molecule has 3 heteroatoms. The normalized spacial score (nSPS) is 11.0. The summed E-state index contributed by atoms with van der Waals surface area (Å²) < 4.78 is 1.88. The average molecular weight is 285 g/mol. The standard InChI is InChI=1S/C18H23NO2/c1-4-5-6-14-7-9-15(10-8-14)16-11-12-17(18(20)21)19(16)13(2)3/h7-13H,4-6H2,1-3H3,(H,20,21). The van der Waals surface area contributed by atoms with Crippen LogP contribution in [0.25, 0.3) is 11.3 Å². The predicted octanol–water partition coefficient (Wildman–Crippen LogP) is 4.78. The molecule has 0 aliphatic rings. The smallest absolute Gasteiger partial charge is 0.352 e. The number of hydrogen-bond acceptors (Lipinski definition) is 1. The van der Waals surface area contributed by atoms with Gasteiger partial charge in [-0.3, -0.25) is 0 Å². The number of benzene rings is 1. The van der Waals surface area contributed by atoms with Crippen molar-refractivity contribution < 1.29 is 9.90 Å². The van der Waals surface area contributed by atoms with Crippen molar-refractivity contribution in [2.45, 2.75) is 46.1 Å². The molecule has 0 unspecified atom stereocenters. The van der Waals surface area contributed by atoms with Gasteiger partial charge in [-0.25, -0.2) is 4.79 Å². The van der Waals surface area contributed by atoms with Gasteiger partial charge in [0.05, 0.1) is 0 Å². The Bertz CT molecular complexity index is 609. The lowest BCUT2D eigenvalue weighted by Gasteiger charge is -2.16. The number of aromatic carboxylic acids is 1. The fraction of sp³-hybridized carbons (Fsp3) is 0.389. The van der Waals surface area contributed by atoms with Crippen LogP contribution in [0, 0.1) is 0 Å². The van der Waals surface area contributed by atoms with Gasteiger partial charge in [-0.1, -0.05) is 37.6 Å². The van der Waals surface area contributed by atoms with Crippen molar-refractivity contribution in [1.29, 1.82) is 0 Å². The summed E-state index contributed by atoms with van der Waals surface area (Å²) in [6.07, 6.45) is 3.49. The third-order valence-corrected chi connectivity index (χ3v) is 3.72. The number of hydrogen-bond donors (Lipinski definition) is 1. The highest BCUT2D eigenvalue weighted by molar-refractivity contribution is 5.87. The van der Waals surface area contributed by atoms with Gasteiger partial charge in [-0.05, 0) is 49.9 Å². The van der Waals surface area contributed by atoms with E-state index < -0.39 is 5.97 Å². The average Bonchev–Trinajstić information content (AvgIpc) is 2.91. The first-order chi connectivity index (χ1) is 10.0. The minimum absolute atomic E-state index is 0.112. The second-order valence-corrected chi connectivity index (χ2v) is 5.67. The largest absolute Gasteiger partial charge is 0.477 e. The molecule has 0 atom stereocenters. The van der Waals surface area contributed by atoms with E-state index in [1.54, 1.807) is 6.07 Å². The second kappa shape index (κ2) is 6.61. The molecule has 3 nitrogen and oxygen atoms in total. The van der Waals surface area contributed by atoms with E-state index in [1.807, 2.05) is 24.5 Å². The Balaban J connectivity index is 2.35. The van der Waals surface area contributed by atoms with Gasteiger partial charge in [-0.15, -0.1) is 0 Å². The molecule has 0 spiro atoms. The zero-order chi connectivity index (χ0) is 15.4. The highest BCUT2D eigenvalue weighted by atomic mass is 16.4. The maximum absolute atomic E-state index is 11.3. The third kappa shape index (κ3) is 3.35. The molecular formula is C18H23NO2. The monoisotopic (exact) mass is 285 g/mol. The minimum atomic E-state index is -0.880. The van der Waals surface area contributed by atoms with Crippen LogP contribution in [0.3, 0.4) is 0 Å². The lowest BCUT2D eigenvalue weighted by Crippen LogP contribution is -2.11. The van der Waals surface area contributed by atoms with Crippen molar-refractivity contribution in [3.05, 3.63) is 47.7 Å². The van der Waals surface area contributed by atoms with E-state index in [2.05, 4.69) is 31.2 Å². The zero-order valence-electron chi connectivity index (χ0n) is 13.0. The van der Waals surface area contributed by atoms with E-state index in [0.717, 1.165) is 17.7 Å². The first-order valence-electron chi connectivity index (χ1n) is 7.58. The van der Waals surface area contributed by atoms with E-state index >= 15 is 0 Å². The second-order valence-electron chi connectivity index (χ2n) is 5.67. The van der Waals surface area contributed by atoms with Gasteiger partial charge in [0.25, 0.3) is 0 Å². The predicted molar refractivity (Wildman–Crippen MR) is 85.8 cm³/mol. The third-order valence-electron chi connectivity index (χ3n) is 3.72. The Labute approximate surface area is 126 Å². The molecule has 0 saturated heterocycles. The number of carbonyl (C=O) groups is 1. The minimum Gasteiger partial charge on any atom is -0.477 e. The molecule has 1 heterocycles. The first-order valence-corrected chi connectivity index (χ1v) is 7.58. The Morgan fingerprint density at radius 1 is 1.14 bits per heavy atom. The van der Waals surface area contributed by atoms with E-state index in [4.69, 9.17) is 0 Å². The summed E-state index contributed by atoms with van der Waals surface area (Å²) in [4.78, 5) is 11.3. The highest BCUT2D eigenvalue weighted by Gasteiger charge is 2.17. The quantitative estimate of drug-likeness (QED) is 0.830. The van der Waals surface area contributed by atoms with Crippen LogP contribution in [0.2, 0.25) is 0 Å². The highest BCUT2D eigenvalue weighted by Crippen LogP contribution is 2.27. The van der Waals surface area contributed by atoms with Crippen molar-refractivity contribution >= 4 is 5.97 Å². The molecule has 1 N–H and O–H groups in total. The molecule has 21 heavy (non-hydrogen) atoms. The molecule has 2 rings (SSSR count). The summed E-state index contributed by atoms with van der Waals surface area (Å²) in [5, 5.41) is 9.30. The van der Waals surface area contributed by atoms with Crippen molar-refractivity contribution in [2.24, 2.45) is 0 Å². The molecule has 0 radical (unpaired) electrons. The van der Waals surface area contributed by atoms with Crippen LogP contribution < -0.4 is 0 Å². The van der Waals surface area contributed by atoms with Crippen LogP contribution in [-0.4, -0.2) is 15.6 Å². The zero-order valence-corrected chi connectivity index (χ0v) is 13.0. The van der Waals surface area contributed by atoms with Crippen molar-refractivity contribution in [1.82, 2.24) is 4.57 Å². The summed E-state index contributed by atoms with van der Waals surface area (Å²) in [7, 11) is 0. The molecule has 0 aliphatic carbocycles. The van der Waals surface area contributed by atoms with Gasteiger partial charge in [0.1, 0.15) is 5.69 Å². The lowest BCUT2D eigenvalue weighted by molar-refractivity contribution is 0.0683. The van der Waals surface area contributed by atoms with Gasteiger partial charge < -0.3 is 9.67 Å². The van der Waals surface area contributed by atoms with E-state index in [1.165, 1.54) is 18.4 Å². The number of nitrogens with zero attached hydrogens (tertiary/aromatic N) is 1. The van der Waals surface area contributed by atoms with Crippen molar-refractivity contribution in [3.63, 3.8) is 0 Å².